The molecule has 3 aromatic heterocycles. The molecule has 0 spiro atoms. The molecule has 4 aromatic rings. The molecular formula is C27H26F3N5. The Bertz CT molecular complexity index is 1410. The number of nitrogens with zero attached hydrogens (tertiary/aromatic N) is 4. The lowest BCUT2D eigenvalue weighted by Crippen LogP contribution is -2.09. The van der Waals surface area contributed by atoms with E-state index in [1.165, 1.54) is 5.56 Å². The molecule has 1 aromatic carbocycles. The Morgan fingerprint density at radius 1 is 1.03 bits per heavy atom. The molecule has 4 rings (SSSR count). The summed E-state index contributed by atoms with van der Waals surface area (Å²) >= 11 is 0. The van der Waals surface area contributed by atoms with Gasteiger partial charge in [0.05, 0.1) is 11.3 Å². The topological polar surface area (TPSA) is 69.6 Å². The Hall–Kier alpha value is -3.94. The van der Waals surface area contributed by atoms with Crippen LogP contribution in [0.15, 0.2) is 72.5 Å². The molecule has 0 amide bonds. The second-order valence-electron chi connectivity index (χ2n) is 8.16. The highest BCUT2D eigenvalue weighted by Crippen LogP contribution is 2.32. The number of aromatic nitrogens is 4. The molecule has 2 N–H and O–H groups in total. The van der Waals surface area contributed by atoms with Gasteiger partial charge in [0.2, 0.25) is 0 Å². The zero-order chi connectivity index (χ0) is 25.2. The molecule has 0 saturated carbocycles. The van der Waals surface area contributed by atoms with E-state index in [1.54, 1.807) is 30.5 Å². The maximum absolute atomic E-state index is 13.2. The molecular weight excluding hydrogens is 451 g/mol. The zero-order valence-corrected chi connectivity index (χ0v) is 19.8. The van der Waals surface area contributed by atoms with E-state index in [-0.39, 0.29) is 0 Å². The van der Waals surface area contributed by atoms with Crippen LogP contribution in [0, 0.1) is 0 Å². The average Bonchev–Trinajstić information content (AvgIpc) is 3.22. The van der Waals surface area contributed by atoms with Crippen LogP contribution in [-0.4, -0.2) is 25.7 Å². The third-order valence-corrected chi connectivity index (χ3v) is 5.73. The van der Waals surface area contributed by atoms with Crippen LogP contribution in [0.4, 0.5) is 19.0 Å². The van der Waals surface area contributed by atoms with Crippen molar-refractivity contribution in [3.05, 3.63) is 83.7 Å². The molecule has 180 valence electrons. The fraction of sp³-hybridized carbons (Fsp3) is 0.222. The first-order valence-corrected chi connectivity index (χ1v) is 11.4. The fourth-order valence-corrected chi connectivity index (χ4v) is 3.80. The van der Waals surface area contributed by atoms with Crippen molar-refractivity contribution in [3.63, 3.8) is 0 Å². The Kier molecular flexibility index (Phi) is 6.73. The maximum atomic E-state index is 13.2. The summed E-state index contributed by atoms with van der Waals surface area (Å²) in [4.78, 5) is 13.8. The van der Waals surface area contributed by atoms with Crippen molar-refractivity contribution in [2.75, 3.05) is 5.73 Å². The van der Waals surface area contributed by atoms with Gasteiger partial charge in [-0.05, 0) is 73.4 Å². The van der Waals surface area contributed by atoms with Gasteiger partial charge in [0.1, 0.15) is 11.3 Å². The van der Waals surface area contributed by atoms with Crippen molar-refractivity contribution >= 4 is 22.6 Å². The first-order chi connectivity index (χ1) is 16.7. The van der Waals surface area contributed by atoms with Gasteiger partial charge in [-0.15, -0.1) is 0 Å². The van der Waals surface area contributed by atoms with Crippen LogP contribution >= 0.6 is 0 Å². The SMILES string of the molecule is CC/C=C(\C=C(/C)C(F)(F)F)c1ccc2nc(-c3cccnc3N)n(-c3ccc(CC)cc3)c2n1. The van der Waals surface area contributed by atoms with Crippen LogP contribution < -0.4 is 5.73 Å². The predicted octanol–water partition coefficient (Wildman–Crippen LogP) is 6.93. The summed E-state index contributed by atoms with van der Waals surface area (Å²) in [7, 11) is 0. The monoisotopic (exact) mass is 477 g/mol. The Balaban J connectivity index is 1.97. The Labute approximate surface area is 201 Å². The van der Waals surface area contributed by atoms with E-state index in [9.17, 15) is 13.2 Å². The van der Waals surface area contributed by atoms with Crippen molar-refractivity contribution in [2.24, 2.45) is 0 Å². The Morgan fingerprint density at radius 3 is 2.40 bits per heavy atom. The number of anilines is 1. The van der Waals surface area contributed by atoms with Crippen LogP contribution in [0.25, 0.3) is 33.8 Å². The van der Waals surface area contributed by atoms with Crippen molar-refractivity contribution in [1.82, 2.24) is 19.5 Å². The van der Waals surface area contributed by atoms with Crippen LogP contribution in [0.1, 0.15) is 38.4 Å². The molecule has 35 heavy (non-hydrogen) atoms. The van der Waals surface area contributed by atoms with Crippen LogP contribution in [0.2, 0.25) is 0 Å². The first kappa shape index (κ1) is 24.2. The van der Waals surface area contributed by atoms with Gasteiger partial charge in [-0.3, -0.25) is 4.57 Å². The number of rotatable bonds is 6. The highest BCUT2D eigenvalue weighted by atomic mass is 19.4. The van der Waals surface area contributed by atoms with Gasteiger partial charge in [0, 0.05) is 17.5 Å². The number of halogens is 3. The average molecular weight is 478 g/mol. The molecule has 0 bridgehead atoms. The molecule has 8 heteroatoms. The zero-order valence-electron chi connectivity index (χ0n) is 19.8. The smallest absolute Gasteiger partial charge is 0.383 e. The number of nitrogen functional groups attached to an aromatic ring is 1. The second-order valence-corrected chi connectivity index (χ2v) is 8.16. The third-order valence-electron chi connectivity index (χ3n) is 5.73. The summed E-state index contributed by atoms with van der Waals surface area (Å²) in [6.07, 6.45) is 1.52. The summed E-state index contributed by atoms with van der Waals surface area (Å²) in [5, 5.41) is 0. The highest BCUT2D eigenvalue weighted by Gasteiger charge is 2.30. The number of alkyl halides is 3. The normalized spacial score (nSPS) is 13.0. The number of allylic oxidation sites excluding steroid dienone is 4. The molecule has 0 radical (unpaired) electrons. The number of imidazole rings is 1. The third kappa shape index (κ3) is 4.96. The predicted molar refractivity (Wildman–Crippen MR) is 134 cm³/mol. The molecule has 0 saturated heterocycles. The van der Waals surface area contributed by atoms with Crippen LogP contribution in [-0.2, 0) is 6.42 Å². The van der Waals surface area contributed by atoms with Gasteiger partial charge < -0.3 is 5.73 Å². The number of pyridine rings is 2. The van der Waals surface area contributed by atoms with Gasteiger partial charge in [-0.2, -0.15) is 13.2 Å². The largest absolute Gasteiger partial charge is 0.412 e. The van der Waals surface area contributed by atoms with Crippen molar-refractivity contribution in [3.8, 4) is 17.1 Å². The number of aryl methyl sites for hydroxylation is 1. The molecule has 5 nitrogen and oxygen atoms in total. The summed E-state index contributed by atoms with van der Waals surface area (Å²) in [6, 6.07) is 15.1. The summed E-state index contributed by atoms with van der Waals surface area (Å²) in [5.74, 6) is 0.882. The van der Waals surface area contributed by atoms with E-state index in [0.717, 1.165) is 25.1 Å². The molecule has 0 aliphatic rings. The standard InChI is InChI=1S/C27H26F3N5/c1-4-7-19(16-17(3)27(28,29)30)22-13-14-23-26(33-22)35(20-11-9-18(5-2)10-12-20)25(34-23)21-8-6-15-32-24(21)31/h6-16H,4-5H2,1-3H3,(H2,31,32)/b17-16+,19-7+. The summed E-state index contributed by atoms with van der Waals surface area (Å²) in [6.45, 7) is 5.01. The van der Waals surface area contributed by atoms with Crippen molar-refractivity contribution < 1.29 is 13.2 Å². The lowest BCUT2D eigenvalue weighted by Gasteiger charge is -2.12. The van der Waals surface area contributed by atoms with E-state index in [1.807, 2.05) is 41.8 Å². The number of nitrogens with two attached hydrogens (primary N) is 1. The lowest BCUT2D eigenvalue weighted by atomic mass is 10.1. The van der Waals surface area contributed by atoms with Gasteiger partial charge in [-0.1, -0.05) is 32.1 Å². The molecule has 0 aliphatic heterocycles. The number of hydrogen-bond donors (Lipinski definition) is 1. The summed E-state index contributed by atoms with van der Waals surface area (Å²) < 4.78 is 41.6. The summed E-state index contributed by atoms with van der Waals surface area (Å²) in [5.41, 5.74) is 10.1. The molecule has 0 unspecified atom stereocenters. The highest BCUT2D eigenvalue weighted by molar-refractivity contribution is 5.85. The van der Waals surface area contributed by atoms with E-state index in [4.69, 9.17) is 15.7 Å². The van der Waals surface area contributed by atoms with E-state index in [2.05, 4.69) is 11.9 Å². The van der Waals surface area contributed by atoms with Gasteiger partial charge >= 0.3 is 6.18 Å². The minimum absolute atomic E-state index is 0.324. The fourth-order valence-electron chi connectivity index (χ4n) is 3.80. The van der Waals surface area contributed by atoms with Gasteiger partial charge in [0.25, 0.3) is 0 Å². The van der Waals surface area contributed by atoms with Gasteiger partial charge in [-0.25, -0.2) is 15.0 Å². The molecule has 0 fully saturated rings. The van der Waals surface area contributed by atoms with Crippen molar-refractivity contribution in [1.29, 1.82) is 0 Å². The van der Waals surface area contributed by atoms with E-state index >= 15 is 0 Å². The quantitative estimate of drug-likeness (QED) is 0.306. The van der Waals surface area contributed by atoms with Crippen molar-refractivity contribution in [2.45, 2.75) is 39.8 Å². The van der Waals surface area contributed by atoms with E-state index in [0.29, 0.717) is 46.1 Å². The van der Waals surface area contributed by atoms with Gasteiger partial charge in [0.15, 0.2) is 11.5 Å². The minimum atomic E-state index is -4.41. The minimum Gasteiger partial charge on any atom is -0.383 e. The first-order valence-electron chi connectivity index (χ1n) is 11.4. The molecule has 0 atom stereocenters. The lowest BCUT2D eigenvalue weighted by molar-refractivity contribution is -0.0912. The number of hydrogen-bond acceptors (Lipinski definition) is 4. The van der Waals surface area contributed by atoms with Crippen LogP contribution in [0.5, 0.6) is 0 Å². The Morgan fingerprint density at radius 2 is 1.77 bits per heavy atom. The van der Waals surface area contributed by atoms with E-state index < -0.39 is 11.7 Å². The number of benzene rings is 1. The van der Waals surface area contributed by atoms with Crippen LogP contribution in [0.3, 0.4) is 0 Å². The molecule has 0 aliphatic carbocycles. The maximum Gasteiger partial charge on any atom is 0.412 e. The molecule has 3 heterocycles. The number of fused-ring (bicyclic) bond motifs is 1. The second kappa shape index (κ2) is 9.74.